The van der Waals surface area contributed by atoms with E-state index in [9.17, 15) is 9.59 Å². The standard InChI is InChI=1S/C20H18N6O4/c27-19-9-13(11-25(19)16-5-6-17-18(10-16)30-8-7-29-17)20(28)22-14-1-3-15(4-2-14)26-12-21-23-24-26/h1-6,10,12-13H,7-9,11H2,(H,22,28). The summed E-state index contributed by atoms with van der Waals surface area (Å²) in [6, 6.07) is 12.5. The Balaban J connectivity index is 1.25. The van der Waals surface area contributed by atoms with Crippen LogP contribution in [-0.4, -0.2) is 51.8 Å². The smallest absolute Gasteiger partial charge is 0.229 e. The number of aromatic nitrogens is 4. The Bertz CT molecular complexity index is 1080. The fourth-order valence-corrected chi connectivity index (χ4v) is 3.55. The molecule has 2 aliphatic rings. The van der Waals surface area contributed by atoms with Gasteiger partial charge in [0.2, 0.25) is 11.8 Å². The minimum Gasteiger partial charge on any atom is -0.486 e. The van der Waals surface area contributed by atoms with Crippen molar-refractivity contribution < 1.29 is 19.1 Å². The number of ether oxygens (including phenoxy) is 2. The Labute approximate surface area is 171 Å². The predicted octanol–water partition coefficient (Wildman–Crippen LogP) is 1.43. The fraction of sp³-hybridized carbons (Fsp3) is 0.250. The Hall–Kier alpha value is -3.95. The molecule has 1 fully saturated rings. The van der Waals surface area contributed by atoms with E-state index < -0.39 is 5.92 Å². The normalized spacial score (nSPS) is 17.8. The molecule has 3 heterocycles. The molecule has 5 rings (SSSR count). The van der Waals surface area contributed by atoms with E-state index in [1.165, 1.54) is 11.0 Å². The van der Waals surface area contributed by atoms with Crippen molar-refractivity contribution in [3.05, 3.63) is 48.8 Å². The molecule has 0 aliphatic carbocycles. The van der Waals surface area contributed by atoms with E-state index in [1.807, 2.05) is 6.07 Å². The van der Waals surface area contributed by atoms with Crippen molar-refractivity contribution in [3.8, 4) is 17.2 Å². The topological polar surface area (TPSA) is 111 Å². The summed E-state index contributed by atoms with van der Waals surface area (Å²) in [5, 5.41) is 13.9. The summed E-state index contributed by atoms with van der Waals surface area (Å²) >= 11 is 0. The minimum atomic E-state index is -0.440. The van der Waals surface area contributed by atoms with Crippen LogP contribution >= 0.6 is 0 Å². The summed E-state index contributed by atoms with van der Waals surface area (Å²) in [6.07, 6.45) is 1.65. The molecule has 30 heavy (non-hydrogen) atoms. The third kappa shape index (κ3) is 3.43. The zero-order valence-electron chi connectivity index (χ0n) is 15.9. The van der Waals surface area contributed by atoms with Crippen molar-refractivity contribution in [2.45, 2.75) is 6.42 Å². The Morgan fingerprint density at radius 3 is 2.57 bits per heavy atom. The maximum Gasteiger partial charge on any atom is 0.229 e. The van der Waals surface area contributed by atoms with Crippen LogP contribution in [0.5, 0.6) is 11.5 Å². The maximum absolute atomic E-state index is 12.7. The first-order chi connectivity index (χ1) is 14.7. The van der Waals surface area contributed by atoms with Gasteiger partial charge in [-0.3, -0.25) is 9.59 Å². The number of amides is 2. The summed E-state index contributed by atoms with van der Waals surface area (Å²) in [5.74, 6) is 0.544. The van der Waals surface area contributed by atoms with Crippen molar-refractivity contribution in [1.82, 2.24) is 20.2 Å². The van der Waals surface area contributed by atoms with Gasteiger partial charge in [0.25, 0.3) is 0 Å². The predicted molar refractivity (Wildman–Crippen MR) is 106 cm³/mol. The van der Waals surface area contributed by atoms with E-state index in [-0.39, 0.29) is 18.2 Å². The molecule has 1 unspecified atom stereocenters. The summed E-state index contributed by atoms with van der Waals surface area (Å²) < 4.78 is 12.6. The zero-order valence-corrected chi connectivity index (χ0v) is 15.9. The summed E-state index contributed by atoms with van der Waals surface area (Å²) in [5.41, 5.74) is 2.12. The van der Waals surface area contributed by atoms with Gasteiger partial charge in [-0.15, -0.1) is 5.10 Å². The average Bonchev–Trinajstić information content (AvgIpc) is 3.44. The lowest BCUT2D eigenvalue weighted by Gasteiger charge is -2.22. The van der Waals surface area contributed by atoms with Crippen molar-refractivity contribution in [2.24, 2.45) is 5.92 Å². The first-order valence-electron chi connectivity index (χ1n) is 9.52. The van der Waals surface area contributed by atoms with Gasteiger partial charge in [0.15, 0.2) is 11.5 Å². The van der Waals surface area contributed by atoms with Crippen LogP contribution in [0.3, 0.4) is 0 Å². The molecule has 0 saturated carbocycles. The van der Waals surface area contributed by atoms with Crippen molar-refractivity contribution in [1.29, 1.82) is 0 Å². The van der Waals surface area contributed by atoms with E-state index in [0.717, 1.165) is 5.69 Å². The van der Waals surface area contributed by atoms with Gasteiger partial charge in [0, 0.05) is 30.4 Å². The van der Waals surface area contributed by atoms with E-state index >= 15 is 0 Å². The summed E-state index contributed by atoms with van der Waals surface area (Å²) in [6.45, 7) is 1.29. The van der Waals surface area contributed by atoms with Crippen molar-refractivity contribution >= 4 is 23.2 Å². The van der Waals surface area contributed by atoms with Gasteiger partial charge in [0.1, 0.15) is 19.5 Å². The molecule has 0 radical (unpaired) electrons. The average molecular weight is 406 g/mol. The molecule has 1 saturated heterocycles. The zero-order chi connectivity index (χ0) is 20.5. The molecule has 10 heteroatoms. The van der Waals surface area contributed by atoms with E-state index in [0.29, 0.717) is 42.6 Å². The highest BCUT2D eigenvalue weighted by Gasteiger charge is 2.35. The number of anilines is 2. The Morgan fingerprint density at radius 1 is 1.03 bits per heavy atom. The molecule has 2 aromatic carbocycles. The second-order valence-corrected chi connectivity index (χ2v) is 7.02. The Morgan fingerprint density at radius 2 is 1.80 bits per heavy atom. The molecular formula is C20H18N6O4. The molecule has 152 valence electrons. The summed E-state index contributed by atoms with van der Waals surface area (Å²) in [4.78, 5) is 26.9. The molecule has 2 aliphatic heterocycles. The van der Waals surface area contributed by atoms with Crippen LogP contribution in [0, 0.1) is 5.92 Å². The number of fused-ring (bicyclic) bond motifs is 1. The van der Waals surface area contributed by atoms with Crippen molar-refractivity contribution in [2.75, 3.05) is 30.0 Å². The van der Waals surface area contributed by atoms with Crippen LogP contribution in [0.25, 0.3) is 5.69 Å². The molecule has 1 N–H and O–H groups in total. The molecular weight excluding hydrogens is 388 g/mol. The number of tetrazole rings is 1. The number of carbonyl (C=O) groups is 2. The van der Waals surface area contributed by atoms with Gasteiger partial charge in [-0.05, 0) is 46.8 Å². The molecule has 2 amide bonds. The number of carbonyl (C=O) groups excluding carboxylic acids is 2. The second kappa shape index (κ2) is 7.47. The number of rotatable bonds is 4. The van der Waals surface area contributed by atoms with E-state index in [1.54, 1.807) is 41.3 Å². The lowest BCUT2D eigenvalue weighted by molar-refractivity contribution is -0.122. The molecule has 1 aromatic heterocycles. The van der Waals surface area contributed by atoms with Crippen LogP contribution in [0.2, 0.25) is 0 Å². The maximum atomic E-state index is 12.7. The second-order valence-electron chi connectivity index (χ2n) is 7.02. The number of nitrogens with zero attached hydrogens (tertiary/aromatic N) is 5. The third-order valence-electron chi connectivity index (χ3n) is 5.08. The largest absolute Gasteiger partial charge is 0.486 e. The summed E-state index contributed by atoms with van der Waals surface area (Å²) in [7, 11) is 0. The molecule has 1 atom stereocenters. The molecule has 0 spiro atoms. The van der Waals surface area contributed by atoms with Gasteiger partial charge in [-0.25, -0.2) is 4.68 Å². The minimum absolute atomic E-state index is 0.0964. The SMILES string of the molecule is O=C(Nc1ccc(-n2cnnn2)cc1)C1CC(=O)N(c2ccc3c(c2)OCCO3)C1. The molecule has 10 nitrogen and oxygen atoms in total. The van der Waals surface area contributed by atoms with E-state index in [4.69, 9.17) is 9.47 Å². The van der Waals surface area contributed by atoms with Gasteiger partial charge >= 0.3 is 0 Å². The van der Waals surface area contributed by atoms with Gasteiger partial charge < -0.3 is 19.7 Å². The third-order valence-corrected chi connectivity index (χ3v) is 5.08. The number of benzene rings is 2. The van der Waals surface area contributed by atoms with Crippen LogP contribution < -0.4 is 19.7 Å². The van der Waals surface area contributed by atoms with Crippen LogP contribution in [0.1, 0.15) is 6.42 Å². The fourth-order valence-electron chi connectivity index (χ4n) is 3.55. The highest BCUT2D eigenvalue weighted by Crippen LogP contribution is 2.36. The van der Waals surface area contributed by atoms with E-state index in [2.05, 4.69) is 20.8 Å². The highest BCUT2D eigenvalue weighted by molar-refractivity contribution is 6.03. The lowest BCUT2D eigenvalue weighted by atomic mass is 10.1. The van der Waals surface area contributed by atoms with Crippen LogP contribution in [0.4, 0.5) is 11.4 Å². The first kappa shape index (κ1) is 18.1. The monoisotopic (exact) mass is 406 g/mol. The van der Waals surface area contributed by atoms with Gasteiger partial charge in [0.05, 0.1) is 11.6 Å². The number of nitrogens with one attached hydrogen (secondary N) is 1. The molecule has 3 aromatic rings. The lowest BCUT2D eigenvalue weighted by Crippen LogP contribution is -2.28. The van der Waals surface area contributed by atoms with Crippen LogP contribution in [-0.2, 0) is 9.59 Å². The van der Waals surface area contributed by atoms with Gasteiger partial charge in [-0.2, -0.15) is 0 Å². The quantitative estimate of drug-likeness (QED) is 0.697. The Kier molecular flexibility index (Phi) is 4.51. The highest BCUT2D eigenvalue weighted by atomic mass is 16.6. The number of hydrogen-bond donors (Lipinski definition) is 1. The number of hydrogen-bond acceptors (Lipinski definition) is 7. The first-order valence-corrected chi connectivity index (χ1v) is 9.52. The molecule has 0 bridgehead atoms. The van der Waals surface area contributed by atoms with Crippen molar-refractivity contribution in [3.63, 3.8) is 0 Å². The van der Waals surface area contributed by atoms with Gasteiger partial charge in [-0.1, -0.05) is 0 Å². The van der Waals surface area contributed by atoms with Crippen LogP contribution in [0.15, 0.2) is 48.8 Å².